The molecular weight excluding hydrogens is 328 g/mol. The van der Waals surface area contributed by atoms with Gasteiger partial charge >= 0.3 is 0 Å². The van der Waals surface area contributed by atoms with Gasteiger partial charge in [0, 0.05) is 12.2 Å². The van der Waals surface area contributed by atoms with Gasteiger partial charge in [0.1, 0.15) is 5.75 Å². The van der Waals surface area contributed by atoms with Gasteiger partial charge in [0.15, 0.2) is 5.82 Å². The molecule has 0 saturated carbocycles. The van der Waals surface area contributed by atoms with Crippen molar-refractivity contribution in [1.82, 2.24) is 15.2 Å². The minimum atomic E-state index is 0.443. The van der Waals surface area contributed by atoms with E-state index < -0.39 is 0 Å². The number of hydrogen-bond acceptors (Lipinski definition) is 7. The number of methoxy groups -OCH3 is 1. The predicted octanol–water partition coefficient (Wildman–Crippen LogP) is 3.15. The first kappa shape index (κ1) is 17.2. The summed E-state index contributed by atoms with van der Waals surface area (Å²) < 4.78 is 5.35. The summed E-state index contributed by atoms with van der Waals surface area (Å²) in [7, 11) is 1.66. The van der Waals surface area contributed by atoms with Crippen molar-refractivity contribution in [3.63, 3.8) is 0 Å². The average molecular weight is 346 g/mol. The molecule has 0 bridgehead atoms. The molecule has 0 aliphatic heterocycles. The van der Waals surface area contributed by atoms with Gasteiger partial charge in [-0.1, -0.05) is 18.2 Å². The normalized spacial score (nSPS) is 10.0. The van der Waals surface area contributed by atoms with E-state index >= 15 is 0 Å². The minimum absolute atomic E-state index is 0.443. The number of nitrogens with one attached hydrogen (secondary N) is 2. The number of rotatable bonds is 7. The van der Waals surface area contributed by atoms with Gasteiger partial charge < -0.3 is 15.4 Å². The van der Waals surface area contributed by atoms with Gasteiger partial charge in [-0.05, 0) is 42.3 Å². The monoisotopic (exact) mass is 346 g/mol. The Morgan fingerprint density at radius 2 is 1.92 bits per heavy atom. The van der Waals surface area contributed by atoms with Gasteiger partial charge in [-0.2, -0.15) is 15.3 Å². The number of para-hydroxylation sites is 1. The fourth-order valence-electron chi connectivity index (χ4n) is 2.43. The van der Waals surface area contributed by atoms with Crippen LogP contribution < -0.4 is 15.4 Å². The van der Waals surface area contributed by atoms with E-state index in [4.69, 9.17) is 10.00 Å². The summed E-state index contributed by atoms with van der Waals surface area (Å²) in [5.41, 5.74) is 2.54. The second kappa shape index (κ2) is 8.44. The second-order valence-electron chi connectivity index (χ2n) is 5.47. The summed E-state index contributed by atoms with van der Waals surface area (Å²) >= 11 is 0. The van der Waals surface area contributed by atoms with Crippen molar-refractivity contribution in [2.24, 2.45) is 0 Å². The van der Waals surface area contributed by atoms with Crippen LogP contribution in [0.25, 0.3) is 0 Å². The highest BCUT2D eigenvalue weighted by molar-refractivity contribution is 5.57. The zero-order chi connectivity index (χ0) is 18.2. The van der Waals surface area contributed by atoms with Gasteiger partial charge in [-0.25, -0.2) is 0 Å². The summed E-state index contributed by atoms with van der Waals surface area (Å²) in [5, 5.41) is 23.1. The van der Waals surface area contributed by atoms with Crippen LogP contribution in [0.1, 0.15) is 11.1 Å². The molecule has 0 atom stereocenters. The Morgan fingerprint density at radius 3 is 2.69 bits per heavy atom. The largest absolute Gasteiger partial charge is 0.496 e. The highest BCUT2D eigenvalue weighted by Crippen LogP contribution is 2.18. The Labute approximate surface area is 151 Å². The van der Waals surface area contributed by atoms with Crippen LogP contribution >= 0.6 is 0 Å². The molecule has 26 heavy (non-hydrogen) atoms. The molecule has 0 fully saturated rings. The smallest absolute Gasteiger partial charge is 0.244 e. The van der Waals surface area contributed by atoms with Gasteiger partial charge in [-0.3, -0.25) is 0 Å². The Kier molecular flexibility index (Phi) is 5.58. The average Bonchev–Trinajstić information content (AvgIpc) is 2.69. The zero-order valence-electron chi connectivity index (χ0n) is 14.3. The summed E-state index contributed by atoms with van der Waals surface area (Å²) in [6.07, 6.45) is 2.32. The number of anilines is 3. The number of nitrogens with zero attached hydrogens (tertiary/aromatic N) is 4. The van der Waals surface area contributed by atoms with E-state index in [-0.39, 0.29) is 0 Å². The van der Waals surface area contributed by atoms with Gasteiger partial charge in [0.2, 0.25) is 5.95 Å². The van der Waals surface area contributed by atoms with E-state index in [0.29, 0.717) is 23.9 Å². The molecule has 0 aliphatic rings. The molecule has 7 nitrogen and oxygen atoms in total. The predicted molar refractivity (Wildman–Crippen MR) is 99.5 cm³/mol. The van der Waals surface area contributed by atoms with Crippen LogP contribution in [0, 0.1) is 11.3 Å². The molecule has 2 aromatic carbocycles. The molecule has 0 amide bonds. The van der Waals surface area contributed by atoms with Gasteiger partial charge in [-0.15, -0.1) is 5.10 Å². The summed E-state index contributed by atoms with van der Waals surface area (Å²) in [6.45, 7) is 0.655. The molecule has 0 radical (unpaired) electrons. The zero-order valence-corrected chi connectivity index (χ0v) is 14.3. The van der Waals surface area contributed by atoms with Crippen molar-refractivity contribution in [3.05, 3.63) is 65.9 Å². The van der Waals surface area contributed by atoms with Crippen molar-refractivity contribution in [3.8, 4) is 11.8 Å². The third kappa shape index (κ3) is 4.45. The number of nitriles is 1. The third-order valence-corrected chi connectivity index (χ3v) is 3.72. The maximum Gasteiger partial charge on any atom is 0.244 e. The lowest BCUT2D eigenvalue weighted by Gasteiger charge is -2.09. The standard InChI is InChI=1S/C19H18N6O/c1-26-17-5-3-2-4-15(17)10-11-21-19-24-18(13-22-25-19)23-16-8-6-14(12-20)7-9-16/h2-9,13H,10-11H2,1H3,(H2,21,23,24,25). The summed E-state index contributed by atoms with van der Waals surface area (Å²) in [5.74, 6) is 1.88. The first-order valence-electron chi connectivity index (χ1n) is 8.11. The molecule has 130 valence electrons. The third-order valence-electron chi connectivity index (χ3n) is 3.72. The lowest BCUT2D eigenvalue weighted by Crippen LogP contribution is -2.10. The molecule has 0 aliphatic carbocycles. The Morgan fingerprint density at radius 1 is 1.12 bits per heavy atom. The van der Waals surface area contributed by atoms with E-state index in [0.717, 1.165) is 23.4 Å². The minimum Gasteiger partial charge on any atom is -0.496 e. The van der Waals surface area contributed by atoms with Gasteiger partial charge in [0.05, 0.1) is 24.9 Å². The Bertz CT molecular complexity index is 904. The lowest BCUT2D eigenvalue weighted by molar-refractivity contribution is 0.410. The van der Waals surface area contributed by atoms with Crippen molar-refractivity contribution in [2.45, 2.75) is 6.42 Å². The molecule has 3 rings (SSSR count). The molecule has 1 heterocycles. The first-order chi connectivity index (χ1) is 12.8. The molecule has 3 aromatic rings. The molecule has 0 unspecified atom stereocenters. The first-order valence-corrected chi connectivity index (χ1v) is 8.11. The van der Waals surface area contributed by atoms with Crippen LogP contribution in [0.3, 0.4) is 0 Å². The fourth-order valence-corrected chi connectivity index (χ4v) is 2.43. The quantitative estimate of drug-likeness (QED) is 0.678. The van der Waals surface area contributed by atoms with Crippen LogP contribution in [-0.4, -0.2) is 28.8 Å². The molecule has 2 N–H and O–H groups in total. The number of aromatic nitrogens is 3. The van der Waals surface area contributed by atoms with Crippen molar-refractivity contribution < 1.29 is 4.74 Å². The molecule has 1 aromatic heterocycles. The molecule has 0 saturated heterocycles. The topological polar surface area (TPSA) is 95.8 Å². The number of ether oxygens (including phenoxy) is 1. The molecule has 0 spiro atoms. The van der Waals surface area contributed by atoms with Crippen LogP contribution in [0.5, 0.6) is 5.75 Å². The number of hydrogen-bond donors (Lipinski definition) is 2. The number of benzene rings is 2. The summed E-state index contributed by atoms with van der Waals surface area (Å²) in [6, 6.07) is 17.1. The molecule has 7 heteroatoms. The van der Waals surface area contributed by atoms with Crippen molar-refractivity contribution in [2.75, 3.05) is 24.3 Å². The van der Waals surface area contributed by atoms with Crippen LogP contribution in [0.15, 0.2) is 54.7 Å². The van der Waals surface area contributed by atoms with E-state index in [1.807, 2.05) is 36.4 Å². The molecular formula is C19H18N6O. The van der Waals surface area contributed by atoms with Crippen LogP contribution in [0.2, 0.25) is 0 Å². The lowest BCUT2D eigenvalue weighted by atomic mass is 10.1. The highest BCUT2D eigenvalue weighted by Gasteiger charge is 2.04. The van der Waals surface area contributed by atoms with E-state index in [1.54, 1.807) is 25.4 Å². The highest BCUT2D eigenvalue weighted by atomic mass is 16.5. The maximum atomic E-state index is 8.84. The fraction of sp³-hybridized carbons (Fsp3) is 0.158. The van der Waals surface area contributed by atoms with E-state index in [9.17, 15) is 0 Å². The van der Waals surface area contributed by atoms with Gasteiger partial charge in [0.25, 0.3) is 0 Å². The second-order valence-corrected chi connectivity index (χ2v) is 5.47. The van der Waals surface area contributed by atoms with E-state index in [1.165, 1.54) is 0 Å². The van der Waals surface area contributed by atoms with E-state index in [2.05, 4.69) is 31.9 Å². The van der Waals surface area contributed by atoms with Crippen LogP contribution in [-0.2, 0) is 6.42 Å². The van der Waals surface area contributed by atoms with Crippen molar-refractivity contribution >= 4 is 17.5 Å². The van der Waals surface area contributed by atoms with Crippen molar-refractivity contribution in [1.29, 1.82) is 5.26 Å². The maximum absolute atomic E-state index is 8.84. The van der Waals surface area contributed by atoms with Crippen LogP contribution in [0.4, 0.5) is 17.5 Å². The Hall–Kier alpha value is -3.66. The Balaban J connectivity index is 1.59. The SMILES string of the molecule is COc1ccccc1CCNc1nncc(Nc2ccc(C#N)cc2)n1. The summed E-state index contributed by atoms with van der Waals surface area (Å²) in [4.78, 5) is 4.39.